The summed E-state index contributed by atoms with van der Waals surface area (Å²) in [7, 11) is 0. The summed E-state index contributed by atoms with van der Waals surface area (Å²) in [4.78, 5) is 0. The first-order valence-corrected chi connectivity index (χ1v) is 6.14. The molecule has 1 nitrogen and oxygen atoms in total. The summed E-state index contributed by atoms with van der Waals surface area (Å²) in [6.07, 6.45) is -0.861. The van der Waals surface area contributed by atoms with Crippen LogP contribution in [0, 0.1) is 5.82 Å². The molecule has 0 heterocycles. The molecule has 1 N–H and O–H groups in total. The average molecular weight is 316 g/mol. The zero-order valence-electron chi connectivity index (χ0n) is 8.70. The van der Waals surface area contributed by atoms with Crippen LogP contribution in [0.1, 0.15) is 17.2 Å². The van der Waals surface area contributed by atoms with E-state index in [4.69, 9.17) is 11.6 Å². The zero-order chi connectivity index (χ0) is 12.4. The Morgan fingerprint density at radius 3 is 2.41 bits per heavy atom. The maximum Gasteiger partial charge on any atom is 0.123 e. The van der Waals surface area contributed by atoms with E-state index in [9.17, 15) is 9.50 Å². The van der Waals surface area contributed by atoms with Gasteiger partial charge in [-0.25, -0.2) is 4.39 Å². The number of aliphatic hydroxyl groups excluding tert-OH is 1. The molecular formula is C13H9BrClFO. The van der Waals surface area contributed by atoms with Gasteiger partial charge in [0, 0.05) is 10.0 Å². The molecule has 0 amide bonds. The third kappa shape index (κ3) is 2.68. The molecule has 2 rings (SSSR count). The van der Waals surface area contributed by atoms with E-state index < -0.39 is 6.10 Å². The van der Waals surface area contributed by atoms with E-state index in [1.807, 2.05) is 0 Å². The lowest BCUT2D eigenvalue weighted by molar-refractivity contribution is 0.220. The van der Waals surface area contributed by atoms with Crippen molar-refractivity contribution in [3.63, 3.8) is 0 Å². The van der Waals surface area contributed by atoms with Gasteiger partial charge in [0.15, 0.2) is 0 Å². The highest BCUT2D eigenvalue weighted by Gasteiger charge is 2.15. The predicted molar refractivity (Wildman–Crippen MR) is 69.6 cm³/mol. The van der Waals surface area contributed by atoms with E-state index in [1.165, 1.54) is 24.3 Å². The van der Waals surface area contributed by atoms with Crippen molar-refractivity contribution >= 4 is 27.5 Å². The average Bonchev–Trinajstić information content (AvgIpc) is 2.33. The first-order chi connectivity index (χ1) is 8.09. The monoisotopic (exact) mass is 314 g/mol. The standard InChI is InChI=1S/C13H9BrClFO/c14-11-3-1-2-10(12(11)15)13(17)8-4-6-9(16)7-5-8/h1-7,13,17H. The Morgan fingerprint density at radius 2 is 1.76 bits per heavy atom. The highest BCUT2D eigenvalue weighted by atomic mass is 79.9. The molecule has 88 valence electrons. The molecular weight excluding hydrogens is 306 g/mol. The topological polar surface area (TPSA) is 20.2 Å². The normalized spacial score (nSPS) is 12.5. The van der Waals surface area contributed by atoms with Crippen molar-refractivity contribution in [2.45, 2.75) is 6.10 Å². The molecule has 1 unspecified atom stereocenters. The van der Waals surface area contributed by atoms with Crippen molar-refractivity contribution in [3.05, 3.63) is 68.9 Å². The van der Waals surface area contributed by atoms with E-state index in [1.54, 1.807) is 18.2 Å². The lowest BCUT2D eigenvalue weighted by Crippen LogP contribution is -2.00. The van der Waals surface area contributed by atoms with E-state index in [0.29, 0.717) is 16.1 Å². The summed E-state index contributed by atoms with van der Waals surface area (Å²) in [5, 5.41) is 10.6. The minimum absolute atomic E-state index is 0.332. The summed E-state index contributed by atoms with van der Waals surface area (Å²) in [6.45, 7) is 0. The third-order valence-electron chi connectivity index (χ3n) is 2.46. The highest BCUT2D eigenvalue weighted by molar-refractivity contribution is 9.10. The van der Waals surface area contributed by atoms with Gasteiger partial charge in [0.25, 0.3) is 0 Å². The number of benzene rings is 2. The fourth-order valence-electron chi connectivity index (χ4n) is 1.56. The van der Waals surface area contributed by atoms with Crippen LogP contribution in [0.2, 0.25) is 5.02 Å². The predicted octanol–water partition coefficient (Wildman–Crippen LogP) is 4.32. The molecule has 0 saturated heterocycles. The number of rotatable bonds is 2. The van der Waals surface area contributed by atoms with E-state index in [2.05, 4.69) is 15.9 Å². The number of hydrogen-bond donors (Lipinski definition) is 1. The molecule has 0 aliphatic carbocycles. The van der Waals surface area contributed by atoms with E-state index in [-0.39, 0.29) is 5.82 Å². The Bertz CT molecular complexity index is 527. The molecule has 0 spiro atoms. The maximum atomic E-state index is 12.8. The SMILES string of the molecule is OC(c1ccc(F)cc1)c1cccc(Br)c1Cl. The van der Waals surface area contributed by atoms with Gasteiger partial charge in [-0.05, 0) is 39.7 Å². The second-order valence-electron chi connectivity index (χ2n) is 3.60. The van der Waals surface area contributed by atoms with Gasteiger partial charge < -0.3 is 5.11 Å². The first-order valence-electron chi connectivity index (χ1n) is 4.97. The third-order valence-corrected chi connectivity index (χ3v) is 3.77. The smallest absolute Gasteiger partial charge is 0.123 e. The Balaban J connectivity index is 2.40. The molecule has 0 aliphatic rings. The van der Waals surface area contributed by atoms with Gasteiger partial charge in [0.1, 0.15) is 11.9 Å². The largest absolute Gasteiger partial charge is 0.384 e. The zero-order valence-corrected chi connectivity index (χ0v) is 11.0. The van der Waals surface area contributed by atoms with Crippen molar-refractivity contribution < 1.29 is 9.50 Å². The van der Waals surface area contributed by atoms with Gasteiger partial charge in [-0.2, -0.15) is 0 Å². The van der Waals surface area contributed by atoms with Crippen LogP contribution in [0.4, 0.5) is 4.39 Å². The number of aliphatic hydroxyl groups is 1. The Labute approximate surface area is 112 Å². The quantitative estimate of drug-likeness (QED) is 0.875. The van der Waals surface area contributed by atoms with Crippen LogP contribution in [0.25, 0.3) is 0 Å². The van der Waals surface area contributed by atoms with Crippen molar-refractivity contribution in [2.75, 3.05) is 0 Å². The lowest BCUT2D eigenvalue weighted by atomic mass is 10.0. The Morgan fingerprint density at radius 1 is 1.12 bits per heavy atom. The first kappa shape index (κ1) is 12.6. The molecule has 0 aromatic heterocycles. The second kappa shape index (κ2) is 5.17. The fourth-order valence-corrected chi connectivity index (χ4v) is 2.17. The van der Waals surface area contributed by atoms with Gasteiger partial charge in [-0.1, -0.05) is 35.9 Å². The maximum absolute atomic E-state index is 12.8. The molecule has 4 heteroatoms. The minimum Gasteiger partial charge on any atom is -0.384 e. The van der Waals surface area contributed by atoms with Crippen molar-refractivity contribution in [3.8, 4) is 0 Å². The van der Waals surface area contributed by atoms with E-state index >= 15 is 0 Å². The molecule has 0 bridgehead atoms. The summed E-state index contributed by atoms with van der Waals surface area (Å²) in [5.41, 5.74) is 1.19. The van der Waals surface area contributed by atoms with Crippen molar-refractivity contribution in [1.82, 2.24) is 0 Å². The van der Waals surface area contributed by atoms with Gasteiger partial charge in [0.2, 0.25) is 0 Å². The van der Waals surface area contributed by atoms with Gasteiger partial charge in [-0.3, -0.25) is 0 Å². The van der Waals surface area contributed by atoms with Gasteiger partial charge in [0.05, 0.1) is 5.02 Å². The Kier molecular flexibility index (Phi) is 3.82. The minimum atomic E-state index is -0.861. The molecule has 2 aromatic carbocycles. The second-order valence-corrected chi connectivity index (χ2v) is 4.83. The molecule has 0 saturated carbocycles. The van der Waals surface area contributed by atoms with Crippen LogP contribution in [-0.2, 0) is 0 Å². The van der Waals surface area contributed by atoms with Crippen LogP contribution in [-0.4, -0.2) is 5.11 Å². The Hall–Kier alpha value is -0.900. The van der Waals surface area contributed by atoms with Crippen LogP contribution < -0.4 is 0 Å². The molecule has 17 heavy (non-hydrogen) atoms. The molecule has 0 radical (unpaired) electrons. The van der Waals surface area contributed by atoms with Crippen molar-refractivity contribution in [2.24, 2.45) is 0 Å². The van der Waals surface area contributed by atoms with E-state index in [0.717, 1.165) is 4.47 Å². The summed E-state index contributed by atoms with van der Waals surface area (Å²) >= 11 is 9.38. The summed E-state index contributed by atoms with van der Waals surface area (Å²) in [6, 6.07) is 11.0. The van der Waals surface area contributed by atoms with Crippen LogP contribution in [0.5, 0.6) is 0 Å². The highest BCUT2D eigenvalue weighted by Crippen LogP contribution is 2.33. The number of hydrogen-bond acceptors (Lipinski definition) is 1. The lowest BCUT2D eigenvalue weighted by Gasteiger charge is -2.13. The molecule has 0 aliphatic heterocycles. The van der Waals surface area contributed by atoms with Gasteiger partial charge >= 0.3 is 0 Å². The van der Waals surface area contributed by atoms with Crippen LogP contribution >= 0.6 is 27.5 Å². The summed E-state index contributed by atoms with van der Waals surface area (Å²) in [5.74, 6) is -0.332. The molecule has 1 atom stereocenters. The van der Waals surface area contributed by atoms with Crippen LogP contribution in [0.15, 0.2) is 46.9 Å². The number of halogens is 3. The van der Waals surface area contributed by atoms with Gasteiger partial charge in [-0.15, -0.1) is 0 Å². The molecule has 0 fully saturated rings. The summed E-state index contributed by atoms with van der Waals surface area (Å²) < 4.78 is 13.5. The fraction of sp³-hybridized carbons (Fsp3) is 0.0769. The molecule has 2 aromatic rings. The van der Waals surface area contributed by atoms with Crippen molar-refractivity contribution in [1.29, 1.82) is 0 Å². The van der Waals surface area contributed by atoms with Crippen LogP contribution in [0.3, 0.4) is 0 Å².